The Labute approximate surface area is 117 Å². The molecule has 0 aromatic carbocycles. The van der Waals surface area contributed by atoms with Gasteiger partial charge in [0.15, 0.2) is 0 Å². The molecule has 5 nitrogen and oxygen atoms in total. The van der Waals surface area contributed by atoms with Gasteiger partial charge in [-0.15, -0.1) is 12.4 Å². The lowest BCUT2D eigenvalue weighted by molar-refractivity contribution is 0.355. The van der Waals surface area contributed by atoms with E-state index in [0.717, 1.165) is 19.5 Å². The van der Waals surface area contributed by atoms with E-state index in [4.69, 9.17) is 0 Å². The summed E-state index contributed by atoms with van der Waals surface area (Å²) >= 11 is 0. The zero-order chi connectivity index (χ0) is 12.7. The van der Waals surface area contributed by atoms with Gasteiger partial charge in [-0.25, -0.2) is 4.72 Å². The zero-order valence-corrected chi connectivity index (χ0v) is 12.9. The maximum absolute atomic E-state index is 11.8. The average molecular weight is 300 g/mol. The van der Waals surface area contributed by atoms with Crippen molar-refractivity contribution in [1.29, 1.82) is 0 Å². The fraction of sp³-hybridized carbons (Fsp3) is 1.00. The molecule has 0 radical (unpaired) electrons. The number of nitrogens with one attached hydrogen (secondary N) is 2. The summed E-state index contributed by atoms with van der Waals surface area (Å²) in [4.78, 5) is 0. The van der Waals surface area contributed by atoms with E-state index in [0.29, 0.717) is 25.6 Å². The van der Waals surface area contributed by atoms with E-state index in [9.17, 15) is 8.42 Å². The fourth-order valence-electron chi connectivity index (χ4n) is 2.22. The van der Waals surface area contributed by atoms with Crippen molar-refractivity contribution in [1.82, 2.24) is 14.3 Å². The van der Waals surface area contributed by atoms with Gasteiger partial charge < -0.3 is 5.32 Å². The topological polar surface area (TPSA) is 61.4 Å². The highest BCUT2D eigenvalue weighted by molar-refractivity contribution is 7.87. The van der Waals surface area contributed by atoms with Gasteiger partial charge >= 0.3 is 0 Å². The highest BCUT2D eigenvalue weighted by Gasteiger charge is 2.19. The molecule has 110 valence electrons. The monoisotopic (exact) mass is 299 g/mol. The molecule has 2 N–H and O–H groups in total. The van der Waals surface area contributed by atoms with Crippen LogP contribution < -0.4 is 10.0 Å². The van der Waals surface area contributed by atoms with Crippen LogP contribution in [0.2, 0.25) is 0 Å². The van der Waals surface area contributed by atoms with Crippen molar-refractivity contribution >= 4 is 22.6 Å². The van der Waals surface area contributed by atoms with Gasteiger partial charge in [0.2, 0.25) is 0 Å². The van der Waals surface area contributed by atoms with Crippen molar-refractivity contribution in [2.45, 2.75) is 33.1 Å². The van der Waals surface area contributed by atoms with Gasteiger partial charge in [0.25, 0.3) is 10.2 Å². The van der Waals surface area contributed by atoms with Crippen LogP contribution in [-0.2, 0) is 10.2 Å². The minimum Gasteiger partial charge on any atom is -0.316 e. The molecule has 18 heavy (non-hydrogen) atoms. The summed E-state index contributed by atoms with van der Waals surface area (Å²) in [7, 11) is -3.26. The highest BCUT2D eigenvalue weighted by Crippen LogP contribution is 2.13. The first-order valence-corrected chi connectivity index (χ1v) is 7.99. The van der Waals surface area contributed by atoms with Crippen molar-refractivity contribution in [2.75, 3.05) is 32.7 Å². The third-order valence-electron chi connectivity index (χ3n) is 3.28. The van der Waals surface area contributed by atoms with Crippen molar-refractivity contribution in [2.24, 2.45) is 5.92 Å². The summed E-state index contributed by atoms with van der Waals surface area (Å²) in [6, 6.07) is 0. The molecule has 1 aliphatic heterocycles. The van der Waals surface area contributed by atoms with Gasteiger partial charge in [0.05, 0.1) is 0 Å². The predicted molar refractivity (Wildman–Crippen MR) is 77.3 cm³/mol. The predicted octanol–water partition coefficient (Wildman–Crippen LogP) is 0.974. The molecule has 7 heteroatoms. The van der Waals surface area contributed by atoms with E-state index in [1.807, 2.05) is 13.8 Å². The zero-order valence-electron chi connectivity index (χ0n) is 11.3. The van der Waals surface area contributed by atoms with Crippen molar-refractivity contribution in [3.63, 3.8) is 0 Å². The van der Waals surface area contributed by atoms with Crippen LogP contribution in [0.4, 0.5) is 0 Å². The highest BCUT2D eigenvalue weighted by atomic mass is 35.5. The van der Waals surface area contributed by atoms with Crippen molar-refractivity contribution in [3.8, 4) is 0 Å². The minimum atomic E-state index is -3.26. The summed E-state index contributed by atoms with van der Waals surface area (Å²) in [5, 5.41) is 3.34. The Kier molecular flexibility index (Phi) is 9.15. The van der Waals surface area contributed by atoms with Crippen LogP contribution >= 0.6 is 12.4 Å². The van der Waals surface area contributed by atoms with Gasteiger partial charge in [-0.05, 0) is 38.3 Å². The smallest absolute Gasteiger partial charge is 0.279 e. The van der Waals surface area contributed by atoms with Crippen molar-refractivity contribution in [3.05, 3.63) is 0 Å². The molecule has 0 aromatic rings. The number of piperidine rings is 1. The second kappa shape index (κ2) is 9.09. The number of halogens is 1. The van der Waals surface area contributed by atoms with Gasteiger partial charge in [-0.2, -0.15) is 12.7 Å². The van der Waals surface area contributed by atoms with E-state index in [1.54, 1.807) is 0 Å². The van der Waals surface area contributed by atoms with E-state index in [1.165, 1.54) is 17.1 Å². The van der Waals surface area contributed by atoms with E-state index >= 15 is 0 Å². The Morgan fingerprint density at radius 3 is 2.50 bits per heavy atom. The largest absolute Gasteiger partial charge is 0.316 e. The lowest BCUT2D eigenvalue weighted by Gasteiger charge is -2.24. The number of rotatable bonds is 7. The molecule has 0 spiro atoms. The molecule has 0 bridgehead atoms. The lowest BCUT2D eigenvalue weighted by atomic mass is 9.96. The van der Waals surface area contributed by atoms with Crippen LogP contribution in [0, 0.1) is 5.92 Å². The third-order valence-corrected chi connectivity index (χ3v) is 5.05. The maximum atomic E-state index is 11.8. The lowest BCUT2D eigenvalue weighted by Crippen LogP contribution is -2.41. The first kappa shape index (κ1) is 18.1. The molecule has 0 amide bonds. The van der Waals surface area contributed by atoms with Crippen LogP contribution in [0.1, 0.15) is 33.1 Å². The molecule has 0 saturated carbocycles. The first-order valence-electron chi connectivity index (χ1n) is 6.55. The molecular formula is C11H26ClN3O2S. The molecule has 1 rings (SSSR count). The van der Waals surface area contributed by atoms with E-state index in [-0.39, 0.29) is 12.4 Å². The van der Waals surface area contributed by atoms with Gasteiger partial charge in [-0.3, -0.25) is 0 Å². The van der Waals surface area contributed by atoms with Crippen LogP contribution in [0.25, 0.3) is 0 Å². The van der Waals surface area contributed by atoms with Crippen LogP contribution in [0.15, 0.2) is 0 Å². The minimum absolute atomic E-state index is 0. The van der Waals surface area contributed by atoms with E-state index in [2.05, 4.69) is 10.0 Å². The molecule has 1 heterocycles. The third kappa shape index (κ3) is 5.84. The number of nitrogens with zero attached hydrogens (tertiary/aromatic N) is 1. The molecular weight excluding hydrogens is 274 g/mol. The summed E-state index contributed by atoms with van der Waals surface area (Å²) in [5.74, 6) is 0.614. The molecule has 1 fully saturated rings. The molecule has 0 aromatic heterocycles. The standard InChI is InChI=1S/C11H25N3O2S.ClH/c1-3-14(4-2)17(15,16)13-9-7-11-6-5-8-12-10-11;/h11-13H,3-10H2,1-2H3;1H. The Morgan fingerprint density at radius 2 is 2.00 bits per heavy atom. The molecule has 1 saturated heterocycles. The summed E-state index contributed by atoms with van der Waals surface area (Å²) < 4.78 is 27.8. The number of hydrogen-bond acceptors (Lipinski definition) is 3. The van der Waals surface area contributed by atoms with Crippen LogP contribution in [-0.4, -0.2) is 45.4 Å². The molecule has 1 aliphatic rings. The van der Waals surface area contributed by atoms with Gasteiger partial charge in [0, 0.05) is 19.6 Å². The summed E-state index contributed by atoms with van der Waals surface area (Å²) in [6.07, 6.45) is 3.33. The summed E-state index contributed by atoms with van der Waals surface area (Å²) in [6.45, 7) is 7.43. The molecule has 1 atom stereocenters. The van der Waals surface area contributed by atoms with Crippen LogP contribution in [0.3, 0.4) is 0 Å². The SMILES string of the molecule is CCN(CC)S(=O)(=O)NCCC1CCCNC1.Cl. The van der Waals surface area contributed by atoms with E-state index < -0.39 is 10.2 Å². The molecule has 0 aliphatic carbocycles. The number of hydrogen-bond donors (Lipinski definition) is 2. The average Bonchev–Trinajstić information content (AvgIpc) is 2.31. The van der Waals surface area contributed by atoms with Gasteiger partial charge in [0.1, 0.15) is 0 Å². The maximum Gasteiger partial charge on any atom is 0.279 e. The fourth-order valence-corrected chi connectivity index (χ4v) is 3.46. The Morgan fingerprint density at radius 1 is 1.33 bits per heavy atom. The summed E-state index contributed by atoms with van der Waals surface area (Å²) in [5.41, 5.74) is 0. The normalized spacial score (nSPS) is 20.7. The second-order valence-electron chi connectivity index (χ2n) is 4.48. The van der Waals surface area contributed by atoms with Crippen LogP contribution in [0.5, 0.6) is 0 Å². The van der Waals surface area contributed by atoms with Crippen molar-refractivity contribution < 1.29 is 8.42 Å². The Bertz CT molecular complexity index is 301. The first-order chi connectivity index (χ1) is 8.10. The Hall–Kier alpha value is 0.120. The van der Waals surface area contributed by atoms with Gasteiger partial charge in [-0.1, -0.05) is 13.8 Å². The second-order valence-corrected chi connectivity index (χ2v) is 6.24. The quantitative estimate of drug-likeness (QED) is 0.736. The molecule has 1 unspecified atom stereocenters. The Balaban J connectivity index is 0.00000289.